The van der Waals surface area contributed by atoms with Crippen LogP contribution in [0.2, 0.25) is 0 Å². The summed E-state index contributed by atoms with van der Waals surface area (Å²) in [6.45, 7) is 2.19. The molecule has 1 unspecified atom stereocenters. The van der Waals surface area contributed by atoms with E-state index in [-0.39, 0.29) is 18.5 Å². The van der Waals surface area contributed by atoms with Gasteiger partial charge in [-0.2, -0.15) is 0 Å². The Hall–Kier alpha value is -1.39. The van der Waals surface area contributed by atoms with E-state index in [1.165, 1.54) is 12.1 Å². The number of rotatable bonds is 5. The third-order valence-corrected chi connectivity index (χ3v) is 3.85. The van der Waals surface area contributed by atoms with Gasteiger partial charge in [-0.1, -0.05) is 34.1 Å². The highest BCUT2D eigenvalue weighted by Gasteiger charge is 2.10. The van der Waals surface area contributed by atoms with Crippen LogP contribution in [0.3, 0.4) is 0 Å². The summed E-state index contributed by atoms with van der Waals surface area (Å²) in [5.74, 6) is -0.249. The molecule has 0 heterocycles. The molecule has 0 aliphatic carbocycles. The van der Waals surface area contributed by atoms with Gasteiger partial charge in [0.25, 0.3) is 0 Å². The van der Waals surface area contributed by atoms with Crippen LogP contribution in [-0.4, -0.2) is 11.7 Å². The highest BCUT2D eigenvalue weighted by molar-refractivity contribution is 9.10. The van der Waals surface area contributed by atoms with Crippen molar-refractivity contribution in [2.75, 3.05) is 11.9 Å². The molecule has 2 rings (SSSR count). The lowest BCUT2D eigenvalue weighted by Gasteiger charge is -2.17. The van der Waals surface area contributed by atoms with Crippen LogP contribution in [0.15, 0.2) is 46.9 Å². The molecule has 0 amide bonds. The molecule has 0 aliphatic rings. The quantitative estimate of drug-likeness (QED) is 0.852. The Balaban J connectivity index is 2.08. The average Bonchev–Trinajstić information content (AvgIpc) is 2.41. The zero-order chi connectivity index (χ0) is 14.5. The molecular weight excluding hydrogens is 321 g/mol. The van der Waals surface area contributed by atoms with Crippen LogP contribution in [-0.2, 0) is 6.42 Å². The molecule has 20 heavy (non-hydrogen) atoms. The van der Waals surface area contributed by atoms with Crippen LogP contribution in [0.5, 0.6) is 0 Å². The van der Waals surface area contributed by atoms with Gasteiger partial charge in [-0.15, -0.1) is 0 Å². The van der Waals surface area contributed by atoms with Gasteiger partial charge in [0.2, 0.25) is 0 Å². The molecule has 0 aromatic heterocycles. The number of nitrogens with one attached hydrogen (secondary N) is 1. The Morgan fingerprint density at radius 1 is 1.20 bits per heavy atom. The SMILES string of the molecule is CC(Nc1ccc(CCO)cc1)c1ccc(F)cc1Br. The Labute approximate surface area is 126 Å². The molecule has 2 aromatic carbocycles. The Bertz CT molecular complexity index is 571. The fourth-order valence-corrected chi connectivity index (χ4v) is 2.77. The van der Waals surface area contributed by atoms with Crippen LogP contribution < -0.4 is 5.32 Å². The first-order chi connectivity index (χ1) is 9.60. The zero-order valence-corrected chi connectivity index (χ0v) is 12.8. The van der Waals surface area contributed by atoms with Crippen molar-refractivity contribution in [2.24, 2.45) is 0 Å². The number of anilines is 1. The third-order valence-electron chi connectivity index (χ3n) is 3.17. The number of aliphatic hydroxyl groups is 1. The number of hydrogen-bond acceptors (Lipinski definition) is 2. The van der Waals surface area contributed by atoms with Crippen LogP contribution in [0, 0.1) is 5.82 Å². The van der Waals surface area contributed by atoms with E-state index in [4.69, 9.17) is 5.11 Å². The number of halogens is 2. The Kier molecular flexibility index (Phi) is 5.15. The van der Waals surface area contributed by atoms with Gasteiger partial charge in [-0.05, 0) is 48.7 Å². The average molecular weight is 338 g/mol. The molecule has 0 spiro atoms. The number of benzene rings is 2. The molecule has 4 heteroatoms. The van der Waals surface area contributed by atoms with Crippen molar-refractivity contribution in [3.05, 3.63) is 63.9 Å². The first-order valence-corrected chi connectivity index (χ1v) is 7.30. The normalized spacial score (nSPS) is 12.2. The summed E-state index contributed by atoms with van der Waals surface area (Å²) in [5.41, 5.74) is 3.11. The van der Waals surface area contributed by atoms with Gasteiger partial charge < -0.3 is 10.4 Å². The molecular formula is C16H17BrFNO. The maximum atomic E-state index is 13.1. The second-order valence-electron chi connectivity index (χ2n) is 4.70. The summed E-state index contributed by atoms with van der Waals surface area (Å²) in [6, 6.07) is 12.7. The molecule has 0 saturated carbocycles. The van der Waals surface area contributed by atoms with Crippen molar-refractivity contribution in [2.45, 2.75) is 19.4 Å². The lowest BCUT2D eigenvalue weighted by atomic mass is 10.1. The first kappa shape index (κ1) is 15.0. The summed E-state index contributed by atoms with van der Waals surface area (Å²) >= 11 is 3.39. The van der Waals surface area contributed by atoms with E-state index in [1.807, 2.05) is 31.2 Å². The molecule has 2 N–H and O–H groups in total. The third kappa shape index (κ3) is 3.81. The van der Waals surface area contributed by atoms with Crippen molar-refractivity contribution in [1.29, 1.82) is 0 Å². The highest BCUT2D eigenvalue weighted by atomic mass is 79.9. The molecule has 0 bridgehead atoms. The molecule has 0 saturated heterocycles. The van der Waals surface area contributed by atoms with Gasteiger partial charge in [0.1, 0.15) is 5.82 Å². The van der Waals surface area contributed by atoms with Gasteiger partial charge in [-0.25, -0.2) is 4.39 Å². The van der Waals surface area contributed by atoms with Crippen LogP contribution >= 0.6 is 15.9 Å². The molecule has 2 nitrogen and oxygen atoms in total. The summed E-state index contributed by atoms with van der Waals surface area (Å²) in [6.07, 6.45) is 0.666. The second kappa shape index (κ2) is 6.86. The van der Waals surface area contributed by atoms with Crippen LogP contribution in [0.4, 0.5) is 10.1 Å². The summed E-state index contributed by atoms with van der Waals surface area (Å²) in [4.78, 5) is 0. The van der Waals surface area contributed by atoms with E-state index >= 15 is 0 Å². The Morgan fingerprint density at radius 2 is 1.90 bits per heavy atom. The minimum Gasteiger partial charge on any atom is -0.396 e. The fourth-order valence-electron chi connectivity index (χ4n) is 2.08. The topological polar surface area (TPSA) is 32.3 Å². The van der Waals surface area contributed by atoms with E-state index < -0.39 is 0 Å². The summed E-state index contributed by atoms with van der Waals surface area (Å²) in [7, 11) is 0. The Morgan fingerprint density at radius 3 is 2.50 bits per heavy atom. The minimum absolute atomic E-state index is 0.0636. The summed E-state index contributed by atoms with van der Waals surface area (Å²) in [5, 5.41) is 12.3. The van der Waals surface area contributed by atoms with Crippen molar-refractivity contribution in [1.82, 2.24) is 0 Å². The van der Waals surface area contributed by atoms with E-state index in [9.17, 15) is 4.39 Å². The molecule has 0 fully saturated rings. The maximum absolute atomic E-state index is 13.1. The molecule has 0 radical (unpaired) electrons. The predicted octanol–water partition coefficient (Wildman–Crippen LogP) is 4.30. The second-order valence-corrected chi connectivity index (χ2v) is 5.56. The molecule has 106 valence electrons. The lowest BCUT2D eigenvalue weighted by Crippen LogP contribution is -2.07. The minimum atomic E-state index is -0.249. The van der Waals surface area contributed by atoms with Gasteiger partial charge in [-0.3, -0.25) is 0 Å². The van der Waals surface area contributed by atoms with Crippen LogP contribution in [0.25, 0.3) is 0 Å². The van der Waals surface area contributed by atoms with E-state index in [2.05, 4.69) is 21.2 Å². The van der Waals surface area contributed by atoms with Gasteiger partial charge in [0, 0.05) is 22.8 Å². The van der Waals surface area contributed by atoms with E-state index in [0.717, 1.165) is 21.3 Å². The van der Waals surface area contributed by atoms with Crippen molar-refractivity contribution >= 4 is 21.6 Å². The molecule has 0 aliphatic heterocycles. The maximum Gasteiger partial charge on any atom is 0.124 e. The van der Waals surface area contributed by atoms with Crippen molar-refractivity contribution < 1.29 is 9.50 Å². The molecule has 2 aromatic rings. The van der Waals surface area contributed by atoms with Crippen molar-refractivity contribution in [3.63, 3.8) is 0 Å². The number of hydrogen-bond donors (Lipinski definition) is 2. The standard InChI is InChI=1S/C16H17BrFNO/c1-11(15-7-4-13(18)10-16(15)17)19-14-5-2-12(3-6-14)8-9-20/h2-7,10-11,19-20H,8-9H2,1H3. The smallest absolute Gasteiger partial charge is 0.124 e. The summed E-state index contributed by atoms with van der Waals surface area (Å²) < 4.78 is 13.8. The van der Waals surface area contributed by atoms with E-state index in [0.29, 0.717) is 6.42 Å². The lowest BCUT2D eigenvalue weighted by molar-refractivity contribution is 0.299. The zero-order valence-electron chi connectivity index (χ0n) is 11.2. The van der Waals surface area contributed by atoms with Gasteiger partial charge >= 0.3 is 0 Å². The fraction of sp³-hybridized carbons (Fsp3) is 0.250. The van der Waals surface area contributed by atoms with Crippen molar-refractivity contribution in [3.8, 4) is 0 Å². The van der Waals surface area contributed by atoms with Gasteiger partial charge in [0.15, 0.2) is 0 Å². The van der Waals surface area contributed by atoms with E-state index in [1.54, 1.807) is 6.07 Å². The highest BCUT2D eigenvalue weighted by Crippen LogP contribution is 2.27. The predicted molar refractivity (Wildman–Crippen MR) is 83.4 cm³/mol. The van der Waals surface area contributed by atoms with Crippen LogP contribution in [0.1, 0.15) is 24.1 Å². The molecule has 1 atom stereocenters. The first-order valence-electron chi connectivity index (χ1n) is 6.51. The van der Waals surface area contributed by atoms with Gasteiger partial charge in [0.05, 0.1) is 0 Å². The number of aliphatic hydroxyl groups excluding tert-OH is 1. The largest absolute Gasteiger partial charge is 0.396 e. The monoisotopic (exact) mass is 337 g/mol.